The van der Waals surface area contributed by atoms with E-state index in [0.29, 0.717) is 13.1 Å². The van der Waals surface area contributed by atoms with Crippen LogP contribution in [0.5, 0.6) is 0 Å². The van der Waals surface area contributed by atoms with E-state index in [1.54, 1.807) is 0 Å². The van der Waals surface area contributed by atoms with Gasteiger partial charge in [-0.15, -0.1) is 0 Å². The number of hydrogen-bond donors (Lipinski definition) is 2. The van der Waals surface area contributed by atoms with Gasteiger partial charge < -0.3 is 20.3 Å². The van der Waals surface area contributed by atoms with Crippen LogP contribution in [0.2, 0.25) is 12.1 Å². The lowest BCUT2D eigenvalue weighted by Crippen LogP contribution is -2.50. The van der Waals surface area contributed by atoms with Crippen LogP contribution in [0.3, 0.4) is 0 Å². The van der Waals surface area contributed by atoms with Crippen molar-refractivity contribution in [2.45, 2.75) is 71.3 Å². The van der Waals surface area contributed by atoms with Crippen molar-refractivity contribution < 1.29 is 8.85 Å². The van der Waals surface area contributed by atoms with E-state index < -0.39 is 8.56 Å². The Morgan fingerprint density at radius 1 is 1.17 bits per heavy atom. The van der Waals surface area contributed by atoms with Crippen molar-refractivity contribution in [1.82, 2.24) is 0 Å². The van der Waals surface area contributed by atoms with Crippen molar-refractivity contribution in [3.8, 4) is 0 Å². The summed E-state index contributed by atoms with van der Waals surface area (Å²) in [5.41, 5.74) is 11.1. The van der Waals surface area contributed by atoms with Crippen LogP contribution < -0.4 is 11.5 Å². The Kier molecular flexibility index (Phi) is 8.30. The van der Waals surface area contributed by atoms with Crippen LogP contribution in [0.4, 0.5) is 0 Å². The Balaban J connectivity index is 4.80. The molecule has 0 aromatic carbocycles. The van der Waals surface area contributed by atoms with Gasteiger partial charge in [-0.1, -0.05) is 6.92 Å². The minimum absolute atomic E-state index is 0.197. The fourth-order valence-corrected chi connectivity index (χ4v) is 5.81. The number of hydrogen-bond acceptors (Lipinski definition) is 4. The maximum absolute atomic E-state index is 6.41. The van der Waals surface area contributed by atoms with Crippen molar-refractivity contribution in [2.24, 2.45) is 11.5 Å². The van der Waals surface area contributed by atoms with E-state index in [2.05, 4.69) is 34.6 Å². The number of rotatable bonds is 10. The van der Waals surface area contributed by atoms with Gasteiger partial charge in [0.15, 0.2) is 0 Å². The predicted octanol–water partition coefficient (Wildman–Crippen LogP) is 2.37. The third-order valence-electron chi connectivity index (χ3n) is 2.96. The molecule has 18 heavy (non-hydrogen) atoms. The van der Waals surface area contributed by atoms with Gasteiger partial charge in [0.1, 0.15) is 0 Å². The molecule has 0 rings (SSSR count). The van der Waals surface area contributed by atoms with Crippen LogP contribution >= 0.6 is 0 Å². The van der Waals surface area contributed by atoms with Crippen molar-refractivity contribution in [2.75, 3.05) is 13.1 Å². The molecule has 1 atom stereocenters. The van der Waals surface area contributed by atoms with Gasteiger partial charge in [0.2, 0.25) is 0 Å². The Bertz CT molecular complexity index is 225. The molecule has 0 spiro atoms. The lowest BCUT2D eigenvalue weighted by molar-refractivity contribution is 0.0313. The maximum Gasteiger partial charge on any atom is 0.338 e. The van der Waals surface area contributed by atoms with E-state index in [1.807, 2.05) is 0 Å². The Morgan fingerprint density at radius 2 is 1.78 bits per heavy atom. The Hall–Kier alpha value is 0.0569. The molecule has 110 valence electrons. The van der Waals surface area contributed by atoms with Crippen LogP contribution in [0.15, 0.2) is 0 Å². The average Bonchev–Trinajstić information content (AvgIpc) is 2.24. The second kappa shape index (κ2) is 8.27. The lowest BCUT2D eigenvalue weighted by Gasteiger charge is -2.39. The highest BCUT2D eigenvalue weighted by Gasteiger charge is 2.40. The van der Waals surface area contributed by atoms with Crippen LogP contribution in [0.1, 0.15) is 47.5 Å². The summed E-state index contributed by atoms with van der Waals surface area (Å²) in [6, 6.07) is 1.92. The lowest BCUT2D eigenvalue weighted by atomic mass is 10.1. The van der Waals surface area contributed by atoms with E-state index >= 15 is 0 Å². The zero-order valence-electron chi connectivity index (χ0n) is 12.8. The van der Waals surface area contributed by atoms with Crippen LogP contribution in [-0.4, -0.2) is 33.4 Å². The molecule has 0 bridgehead atoms. The standard InChI is InChI=1S/C13H32N2O2Si/c1-6-18(11-7-9-14,16-12(2)3)17-13(4,5)8-10-15/h12H,6-11,14-15H2,1-5H3. The summed E-state index contributed by atoms with van der Waals surface area (Å²) in [5.74, 6) is 0. The molecule has 0 saturated heterocycles. The molecule has 4 N–H and O–H groups in total. The van der Waals surface area contributed by atoms with Gasteiger partial charge in [-0.2, -0.15) is 0 Å². The molecule has 0 fully saturated rings. The topological polar surface area (TPSA) is 70.5 Å². The molecule has 0 heterocycles. The summed E-state index contributed by atoms with van der Waals surface area (Å²) in [4.78, 5) is 0. The molecule has 1 unspecified atom stereocenters. The first-order valence-electron chi connectivity index (χ1n) is 7.09. The van der Waals surface area contributed by atoms with Crippen molar-refractivity contribution in [1.29, 1.82) is 0 Å². The molecule has 0 saturated carbocycles. The van der Waals surface area contributed by atoms with E-state index in [1.165, 1.54) is 0 Å². The molecule has 0 aliphatic heterocycles. The molecule has 0 aromatic heterocycles. The molecule has 0 aromatic rings. The summed E-state index contributed by atoms with van der Waals surface area (Å²) >= 11 is 0. The third kappa shape index (κ3) is 6.85. The first-order valence-corrected chi connectivity index (χ1v) is 9.32. The normalized spacial score (nSPS) is 16.0. The SMILES string of the molecule is CC[Si](CCCN)(OC(C)C)OC(C)(C)CCN. The average molecular weight is 276 g/mol. The van der Waals surface area contributed by atoms with Gasteiger partial charge in [-0.3, -0.25) is 0 Å². The monoisotopic (exact) mass is 276 g/mol. The minimum atomic E-state index is -2.16. The van der Waals surface area contributed by atoms with Gasteiger partial charge in [0, 0.05) is 6.10 Å². The highest BCUT2D eigenvalue weighted by molar-refractivity contribution is 6.67. The largest absolute Gasteiger partial charge is 0.392 e. The zero-order valence-corrected chi connectivity index (χ0v) is 13.8. The van der Waals surface area contributed by atoms with Gasteiger partial charge in [-0.25, -0.2) is 0 Å². The highest BCUT2D eigenvalue weighted by Crippen LogP contribution is 2.29. The van der Waals surface area contributed by atoms with Crippen molar-refractivity contribution in [3.63, 3.8) is 0 Å². The van der Waals surface area contributed by atoms with E-state index in [9.17, 15) is 0 Å². The summed E-state index contributed by atoms with van der Waals surface area (Å²) in [6.07, 6.45) is 2.01. The van der Waals surface area contributed by atoms with Crippen molar-refractivity contribution in [3.05, 3.63) is 0 Å². The fraction of sp³-hybridized carbons (Fsp3) is 1.00. The second-order valence-electron chi connectivity index (χ2n) is 5.72. The highest BCUT2D eigenvalue weighted by atomic mass is 28.4. The smallest absolute Gasteiger partial charge is 0.338 e. The zero-order chi connectivity index (χ0) is 14.2. The Labute approximate surface area is 114 Å². The van der Waals surface area contributed by atoms with Gasteiger partial charge in [0.05, 0.1) is 5.60 Å². The summed E-state index contributed by atoms with van der Waals surface area (Å²) in [6.45, 7) is 11.8. The first kappa shape index (κ1) is 18.1. The molecule has 5 heteroatoms. The van der Waals surface area contributed by atoms with Crippen molar-refractivity contribution >= 4 is 8.56 Å². The number of nitrogens with two attached hydrogens (primary N) is 2. The van der Waals surface area contributed by atoms with Crippen LogP contribution in [-0.2, 0) is 8.85 Å². The van der Waals surface area contributed by atoms with Gasteiger partial charge >= 0.3 is 8.56 Å². The summed E-state index contributed by atoms with van der Waals surface area (Å²) in [7, 11) is -2.16. The maximum atomic E-state index is 6.41. The summed E-state index contributed by atoms with van der Waals surface area (Å²) < 4.78 is 12.6. The van der Waals surface area contributed by atoms with Gasteiger partial charge in [-0.05, 0) is 65.7 Å². The molecular weight excluding hydrogens is 244 g/mol. The van der Waals surface area contributed by atoms with Crippen LogP contribution in [0.25, 0.3) is 0 Å². The molecule has 0 radical (unpaired) electrons. The van der Waals surface area contributed by atoms with Gasteiger partial charge in [0.25, 0.3) is 0 Å². The molecule has 4 nitrogen and oxygen atoms in total. The molecule has 0 aliphatic carbocycles. The Morgan fingerprint density at radius 3 is 2.17 bits per heavy atom. The fourth-order valence-electron chi connectivity index (χ4n) is 2.17. The first-order chi connectivity index (χ1) is 8.31. The second-order valence-corrected chi connectivity index (χ2v) is 9.19. The summed E-state index contributed by atoms with van der Waals surface area (Å²) in [5, 5.41) is 0. The van der Waals surface area contributed by atoms with Crippen LogP contribution in [0, 0.1) is 0 Å². The molecule has 0 aliphatic rings. The van der Waals surface area contributed by atoms with E-state index in [-0.39, 0.29) is 11.7 Å². The van der Waals surface area contributed by atoms with E-state index in [4.69, 9.17) is 20.3 Å². The molecule has 0 amide bonds. The van der Waals surface area contributed by atoms with E-state index in [0.717, 1.165) is 24.9 Å². The predicted molar refractivity (Wildman–Crippen MR) is 79.8 cm³/mol. The molecular formula is C13H32N2O2Si. The quantitative estimate of drug-likeness (QED) is 0.601. The third-order valence-corrected chi connectivity index (χ3v) is 6.98. The minimum Gasteiger partial charge on any atom is -0.392 e.